The van der Waals surface area contributed by atoms with Gasteiger partial charge >= 0.3 is 0 Å². The lowest BCUT2D eigenvalue weighted by atomic mass is 9.91. The number of amides is 1. The quantitative estimate of drug-likeness (QED) is 0.905. The maximum atomic E-state index is 13.0. The summed E-state index contributed by atoms with van der Waals surface area (Å²) in [6, 6.07) is 17.3. The van der Waals surface area contributed by atoms with E-state index in [0.29, 0.717) is 10.9 Å². The minimum Gasteiger partial charge on any atom is -0.325 e. The molecule has 0 radical (unpaired) electrons. The third-order valence-electron chi connectivity index (χ3n) is 4.49. The Morgan fingerprint density at radius 3 is 2.43 bits per heavy atom. The summed E-state index contributed by atoms with van der Waals surface area (Å²) in [4.78, 5) is 15.2. The lowest BCUT2D eigenvalue weighted by Crippen LogP contribution is -2.32. The van der Waals surface area contributed by atoms with Crippen LogP contribution in [0.1, 0.15) is 12.0 Å². The Balaban J connectivity index is 1.85. The molecule has 1 amide bonds. The average molecular weight is 329 g/mol. The SMILES string of the molecule is CN(C)CC1CC1(C(=O)Nc1ccc(Cl)cc1)c1ccccc1. The number of benzene rings is 2. The number of anilines is 1. The zero-order valence-corrected chi connectivity index (χ0v) is 14.2. The smallest absolute Gasteiger partial charge is 0.235 e. The largest absolute Gasteiger partial charge is 0.325 e. The predicted molar refractivity (Wildman–Crippen MR) is 94.9 cm³/mol. The summed E-state index contributed by atoms with van der Waals surface area (Å²) >= 11 is 5.91. The van der Waals surface area contributed by atoms with Crippen LogP contribution in [0.5, 0.6) is 0 Å². The molecule has 4 heteroatoms. The number of rotatable bonds is 5. The van der Waals surface area contributed by atoms with Gasteiger partial charge in [-0.3, -0.25) is 4.79 Å². The molecule has 1 aliphatic rings. The standard InChI is InChI=1S/C19H21ClN2O/c1-22(2)13-15-12-19(15,14-6-4-3-5-7-14)18(23)21-17-10-8-16(20)9-11-17/h3-11,15H,12-13H2,1-2H3,(H,21,23). The molecule has 120 valence electrons. The van der Waals surface area contributed by atoms with Crippen LogP contribution in [0.25, 0.3) is 0 Å². The van der Waals surface area contributed by atoms with E-state index < -0.39 is 5.41 Å². The molecule has 1 aliphatic carbocycles. The average Bonchev–Trinajstić information content (AvgIpc) is 3.25. The van der Waals surface area contributed by atoms with E-state index in [1.165, 1.54) is 0 Å². The summed E-state index contributed by atoms with van der Waals surface area (Å²) < 4.78 is 0. The molecule has 0 aromatic heterocycles. The van der Waals surface area contributed by atoms with Crippen LogP contribution in [0.4, 0.5) is 5.69 Å². The van der Waals surface area contributed by atoms with Crippen molar-refractivity contribution in [2.24, 2.45) is 5.92 Å². The molecule has 0 heterocycles. The van der Waals surface area contributed by atoms with E-state index >= 15 is 0 Å². The van der Waals surface area contributed by atoms with Gasteiger partial charge in [-0.05, 0) is 56.3 Å². The second-order valence-electron chi connectivity index (χ2n) is 6.46. The molecule has 0 aliphatic heterocycles. The third kappa shape index (κ3) is 3.26. The summed E-state index contributed by atoms with van der Waals surface area (Å²) in [6.07, 6.45) is 0.884. The Morgan fingerprint density at radius 2 is 1.83 bits per heavy atom. The topological polar surface area (TPSA) is 32.3 Å². The third-order valence-corrected chi connectivity index (χ3v) is 4.74. The summed E-state index contributed by atoms with van der Waals surface area (Å²) in [5.74, 6) is 0.407. The highest BCUT2D eigenvalue weighted by Gasteiger charge is 2.60. The first-order valence-corrected chi connectivity index (χ1v) is 8.17. The van der Waals surface area contributed by atoms with Gasteiger partial charge in [0.25, 0.3) is 0 Å². The lowest BCUT2D eigenvalue weighted by Gasteiger charge is -2.20. The molecule has 1 saturated carbocycles. The van der Waals surface area contributed by atoms with Crippen molar-refractivity contribution in [1.29, 1.82) is 0 Å². The van der Waals surface area contributed by atoms with Gasteiger partial charge in [-0.2, -0.15) is 0 Å². The number of hydrogen-bond acceptors (Lipinski definition) is 2. The van der Waals surface area contributed by atoms with Crippen molar-refractivity contribution in [2.75, 3.05) is 26.0 Å². The number of carbonyl (C=O) groups excluding carboxylic acids is 1. The van der Waals surface area contributed by atoms with Crippen molar-refractivity contribution in [2.45, 2.75) is 11.8 Å². The molecule has 23 heavy (non-hydrogen) atoms. The van der Waals surface area contributed by atoms with Crippen LogP contribution in [-0.2, 0) is 10.2 Å². The van der Waals surface area contributed by atoms with Gasteiger partial charge in [-0.25, -0.2) is 0 Å². The van der Waals surface area contributed by atoms with E-state index in [1.807, 2.05) is 44.4 Å². The zero-order valence-electron chi connectivity index (χ0n) is 13.4. The van der Waals surface area contributed by atoms with Crippen LogP contribution >= 0.6 is 11.6 Å². The molecular weight excluding hydrogens is 308 g/mol. The molecular formula is C19H21ClN2O. The van der Waals surface area contributed by atoms with Crippen molar-refractivity contribution >= 4 is 23.2 Å². The molecule has 2 aromatic rings. The van der Waals surface area contributed by atoms with Gasteiger partial charge < -0.3 is 10.2 Å². The lowest BCUT2D eigenvalue weighted by molar-refractivity contribution is -0.119. The monoisotopic (exact) mass is 328 g/mol. The maximum absolute atomic E-state index is 13.0. The number of halogens is 1. The van der Waals surface area contributed by atoms with E-state index in [0.717, 1.165) is 24.2 Å². The molecule has 3 rings (SSSR count). The number of hydrogen-bond donors (Lipinski definition) is 1. The molecule has 1 N–H and O–H groups in total. The first kappa shape index (κ1) is 16.0. The van der Waals surface area contributed by atoms with E-state index in [9.17, 15) is 4.79 Å². The summed E-state index contributed by atoms with van der Waals surface area (Å²) in [5.41, 5.74) is 1.45. The number of nitrogens with one attached hydrogen (secondary N) is 1. The van der Waals surface area contributed by atoms with Gasteiger partial charge in [0.15, 0.2) is 0 Å². The van der Waals surface area contributed by atoms with Crippen LogP contribution < -0.4 is 5.32 Å². The summed E-state index contributed by atoms with van der Waals surface area (Å²) in [5, 5.41) is 3.72. The van der Waals surface area contributed by atoms with Crippen molar-refractivity contribution in [1.82, 2.24) is 4.90 Å². The maximum Gasteiger partial charge on any atom is 0.235 e. The van der Waals surface area contributed by atoms with Crippen molar-refractivity contribution in [3.05, 3.63) is 65.2 Å². The van der Waals surface area contributed by atoms with E-state index in [1.54, 1.807) is 12.1 Å². The Kier molecular flexibility index (Phi) is 4.42. The molecule has 2 unspecified atom stereocenters. The fourth-order valence-electron chi connectivity index (χ4n) is 3.27. The molecule has 3 nitrogen and oxygen atoms in total. The van der Waals surface area contributed by atoms with E-state index in [4.69, 9.17) is 11.6 Å². The van der Waals surface area contributed by atoms with Crippen molar-refractivity contribution in [3.63, 3.8) is 0 Å². The van der Waals surface area contributed by atoms with Crippen molar-refractivity contribution < 1.29 is 4.79 Å². The van der Waals surface area contributed by atoms with Gasteiger partial charge in [0, 0.05) is 17.3 Å². The van der Waals surface area contributed by atoms with Crippen LogP contribution in [0.15, 0.2) is 54.6 Å². The highest BCUT2D eigenvalue weighted by molar-refractivity contribution is 6.30. The molecule has 0 saturated heterocycles. The van der Waals surface area contributed by atoms with Gasteiger partial charge in [0.05, 0.1) is 5.41 Å². The van der Waals surface area contributed by atoms with Crippen LogP contribution in [0.2, 0.25) is 5.02 Å². The highest BCUT2D eigenvalue weighted by Crippen LogP contribution is 2.55. The second-order valence-corrected chi connectivity index (χ2v) is 6.90. The van der Waals surface area contributed by atoms with Crippen LogP contribution in [0.3, 0.4) is 0 Å². The Hall–Kier alpha value is -1.84. The van der Waals surface area contributed by atoms with Crippen molar-refractivity contribution in [3.8, 4) is 0 Å². The Labute approximate surface area is 142 Å². The van der Waals surface area contributed by atoms with E-state index in [-0.39, 0.29) is 5.91 Å². The molecule has 2 aromatic carbocycles. The molecule has 2 atom stereocenters. The zero-order chi connectivity index (χ0) is 16.4. The van der Waals surface area contributed by atoms with Gasteiger partial charge in [0.1, 0.15) is 0 Å². The molecule has 1 fully saturated rings. The number of carbonyl (C=O) groups is 1. The summed E-state index contributed by atoms with van der Waals surface area (Å²) in [7, 11) is 4.09. The minimum atomic E-state index is -0.425. The fraction of sp³-hybridized carbons (Fsp3) is 0.316. The normalized spacial score (nSPS) is 22.9. The van der Waals surface area contributed by atoms with Gasteiger partial charge in [-0.1, -0.05) is 41.9 Å². The van der Waals surface area contributed by atoms with Crippen LogP contribution in [-0.4, -0.2) is 31.4 Å². The fourth-order valence-corrected chi connectivity index (χ4v) is 3.39. The highest BCUT2D eigenvalue weighted by atomic mass is 35.5. The van der Waals surface area contributed by atoms with Gasteiger partial charge in [-0.15, -0.1) is 0 Å². The second kappa shape index (κ2) is 6.34. The molecule has 0 spiro atoms. The minimum absolute atomic E-state index is 0.0675. The van der Waals surface area contributed by atoms with Crippen LogP contribution in [0, 0.1) is 5.92 Å². The molecule has 0 bridgehead atoms. The first-order valence-electron chi connectivity index (χ1n) is 7.79. The van der Waals surface area contributed by atoms with E-state index in [2.05, 4.69) is 22.3 Å². The first-order chi connectivity index (χ1) is 11.0. The number of nitrogens with zero attached hydrogens (tertiary/aromatic N) is 1. The predicted octanol–water partition coefficient (Wildman–Crippen LogP) is 3.80. The Bertz CT molecular complexity index is 684. The summed E-state index contributed by atoms with van der Waals surface area (Å²) in [6.45, 7) is 0.906. The Morgan fingerprint density at radius 1 is 1.17 bits per heavy atom. The van der Waals surface area contributed by atoms with Gasteiger partial charge in [0.2, 0.25) is 5.91 Å².